The predicted molar refractivity (Wildman–Crippen MR) is 95.3 cm³/mol. The quantitative estimate of drug-likeness (QED) is 0.791. The van der Waals surface area contributed by atoms with Gasteiger partial charge < -0.3 is 10.6 Å². The van der Waals surface area contributed by atoms with E-state index in [4.69, 9.17) is 0 Å². The van der Waals surface area contributed by atoms with Crippen LogP contribution in [0.2, 0.25) is 0 Å². The molecule has 2 N–H and O–H groups in total. The minimum absolute atomic E-state index is 0.0757. The average Bonchev–Trinajstić information content (AvgIpc) is 2.98. The third-order valence-electron chi connectivity index (χ3n) is 4.10. The second-order valence-electron chi connectivity index (χ2n) is 6.36. The van der Waals surface area contributed by atoms with Crippen molar-refractivity contribution in [2.24, 2.45) is 13.0 Å². The van der Waals surface area contributed by atoms with Crippen LogP contribution in [0.5, 0.6) is 0 Å². The first-order valence-electron chi connectivity index (χ1n) is 8.41. The molecule has 0 aliphatic rings. The van der Waals surface area contributed by atoms with E-state index in [1.807, 2.05) is 13.8 Å². The molecule has 1 aromatic carbocycles. The van der Waals surface area contributed by atoms with Crippen LogP contribution in [0.1, 0.15) is 42.6 Å². The number of rotatable bonds is 6. The number of halogens is 3. The monoisotopic (exact) mass is 382 g/mol. The summed E-state index contributed by atoms with van der Waals surface area (Å²) in [6.07, 6.45) is -2.25. The Hall–Kier alpha value is -2.84. The summed E-state index contributed by atoms with van der Waals surface area (Å²) in [4.78, 5) is 24.4. The molecule has 6 nitrogen and oxygen atoms in total. The lowest BCUT2D eigenvalue weighted by Crippen LogP contribution is -2.19. The lowest BCUT2D eigenvalue weighted by molar-refractivity contribution is -0.137. The van der Waals surface area contributed by atoms with Crippen molar-refractivity contribution >= 4 is 23.3 Å². The van der Waals surface area contributed by atoms with E-state index >= 15 is 0 Å². The first-order valence-corrected chi connectivity index (χ1v) is 8.41. The molecule has 9 heteroatoms. The molecular weight excluding hydrogens is 361 g/mol. The van der Waals surface area contributed by atoms with Crippen molar-refractivity contribution in [3.8, 4) is 0 Å². The topological polar surface area (TPSA) is 76.0 Å². The molecule has 0 fully saturated rings. The van der Waals surface area contributed by atoms with Gasteiger partial charge in [-0.3, -0.25) is 14.3 Å². The molecule has 1 aromatic heterocycles. The molecular formula is C18H21F3N4O2. The van der Waals surface area contributed by atoms with E-state index in [1.165, 1.54) is 23.0 Å². The minimum atomic E-state index is -4.65. The summed E-state index contributed by atoms with van der Waals surface area (Å²) in [6.45, 7) is 3.79. The van der Waals surface area contributed by atoms with Crippen molar-refractivity contribution in [3.63, 3.8) is 0 Å². The Morgan fingerprint density at radius 1 is 1.22 bits per heavy atom. The fraction of sp³-hybridized carbons (Fsp3) is 0.389. The highest BCUT2D eigenvalue weighted by molar-refractivity contribution is 6.05. The van der Waals surface area contributed by atoms with E-state index in [0.29, 0.717) is 5.82 Å². The predicted octanol–water partition coefficient (Wildman–Crippen LogP) is 4.07. The summed E-state index contributed by atoms with van der Waals surface area (Å²) >= 11 is 0. The van der Waals surface area contributed by atoms with Crippen LogP contribution in [0, 0.1) is 5.92 Å². The van der Waals surface area contributed by atoms with E-state index in [1.54, 1.807) is 7.05 Å². The molecule has 1 heterocycles. The number of aromatic nitrogens is 2. The molecule has 2 amide bonds. The van der Waals surface area contributed by atoms with Gasteiger partial charge in [0, 0.05) is 30.8 Å². The Morgan fingerprint density at radius 2 is 1.93 bits per heavy atom. The molecule has 2 rings (SSSR count). The van der Waals surface area contributed by atoms with E-state index in [-0.39, 0.29) is 23.6 Å². The molecule has 0 aliphatic carbocycles. The maximum atomic E-state index is 13.2. The number of carbonyl (C=O) groups excluding carboxylic acids is 2. The van der Waals surface area contributed by atoms with Crippen LogP contribution >= 0.6 is 0 Å². The Kier molecular flexibility index (Phi) is 6.24. The second kappa shape index (κ2) is 8.24. The number of anilines is 2. The van der Waals surface area contributed by atoms with Crippen LogP contribution in [0.25, 0.3) is 0 Å². The maximum Gasteiger partial charge on any atom is 0.416 e. The van der Waals surface area contributed by atoms with Crippen molar-refractivity contribution in [3.05, 3.63) is 41.6 Å². The number of carbonyl (C=O) groups is 2. The van der Waals surface area contributed by atoms with Gasteiger partial charge in [-0.05, 0) is 24.1 Å². The highest BCUT2D eigenvalue weighted by Gasteiger charge is 2.32. The average molecular weight is 382 g/mol. The molecule has 0 spiro atoms. The molecule has 1 unspecified atom stereocenters. The molecule has 0 bridgehead atoms. The normalized spacial score (nSPS) is 12.5. The van der Waals surface area contributed by atoms with E-state index in [2.05, 4.69) is 15.7 Å². The van der Waals surface area contributed by atoms with Crippen molar-refractivity contribution in [1.82, 2.24) is 9.78 Å². The standard InChI is InChI=1S/C18H21F3N4O2/c1-4-11(2)7-16(26)23-14-9-12(8-13(10-14)18(19,20)21)17(27)24-15-5-6-22-25(15)3/h5-6,8-11H,4,7H2,1-3H3,(H,23,26)(H,24,27). The lowest BCUT2D eigenvalue weighted by Gasteiger charge is -2.14. The Morgan fingerprint density at radius 3 is 2.48 bits per heavy atom. The van der Waals surface area contributed by atoms with Crippen LogP contribution in [-0.2, 0) is 18.0 Å². The maximum absolute atomic E-state index is 13.2. The summed E-state index contributed by atoms with van der Waals surface area (Å²) < 4.78 is 41.0. The van der Waals surface area contributed by atoms with Crippen molar-refractivity contribution < 1.29 is 22.8 Å². The number of alkyl halides is 3. The Labute approximate surface area is 154 Å². The van der Waals surface area contributed by atoms with Crippen LogP contribution < -0.4 is 10.6 Å². The minimum Gasteiger partial charge on any atom is -0.326 e. The smallest absolute Gasteiger partial charge is 0.326 e. The van der Waals surface area contributed by atoms with Gasteiger partial charge in [0.25, 0.3) is 5.91 Å². The van der Waals surface area contributed by atoms with Crippen LogP contribution in [-0.4, -0.2) is 21.6 Å². The van der Waals surface area contributed by atoms with E-state index in [0.717, 1.165) is 18.6 Å². The molecule has 0 aliphatic heterocycles. The molecule has 27 heavy (non-hydrogen) atoms. The number of hydrogen-bond acceptors (Lipinski definition) is 3. The zero-order chi connectivity index (χ0) is 20.2. The van der Waals surface area contributed by atoms with Gasteiger partial charge in [-0.2, -0.15) is 18.3 Å². The zero-order valence-corrected chi connectivity index (χ0v) is 15.2. The van der Waals surface area contributed by atoms with Gasteiger partial charge in [0.05, 0.1) is 11.8 Å². The van der Waals surface area contributed by atoms with Gasteiger partial charge >= 0.3 is 6.18 Å². The number of amides is 2. The zero-order valence-electron chi connectivity index (χ0n) is 15.2. The fourth-order valence-electron chi connectivity index (χ4n) is 2.35. The van der Waals surface area contributed by atoms with Gasteiger partial charge in [-0.15, -0.1) is 0 Å². The van der Waals surface area contributed by atoms with E-state index < -0.39 is 23.6 Å². The lowest BCUT2D eigenvalue weighted by atomic mass is 10.0. The number of nitrogens with one attached hydrogen (secondary N) is 2. The number of aryl methyl sites for hydroxylation is 1. The van der Waals surface area contributed by atoms with E-state index in [9.17, 15) is 22.8 Å². The summed E-state index contributed by atoms with van der Waals surface area (Å²) in [5.74, 6) is -0.702. The summed E-state index contributed by atoms with van der Waals surface area (Å²) in [7, 11) is 1.59. The van der Waals surface area contributed by atoms with Crippen molar-refractivity contribution in [2.45, 2.75) is 32.9 Å². The highest BCUT2D eigenvalue weighted by atomic mass is 19.4. The summed E-state index contributed by atoms with van der Waals surface area (Å²) in [5.41, 5.74) is -1.31. The van der Waals surface area contributed by atoms with Crippen molar-refractivity contribution in [1.29, 1.82) is 0 Å². The van der Waals surface area contributed by atoms with Crippen LogP contribution in [0.15, 0.2) is 30.5 Å². The number of benzene rings is 1. The number of hydrogen-bond donors (Lipinski definition) is 2. The summed E-state index contributed by atoms with van der Waals surface area (Å²) in [6, 6.07) is 4.29. The summed E-state index contributed by atoms with van der Waals surface area (Å²) in [5, 5.41) is 8.81. The molecule has 0 saturated heterocycles. The SMILES string of the molecule is CCC(C)CC(=O)Nc1cc(C(=O)Nc2ccnn2C)cc(C(F)(F)F)c1. The largest absolute Gasteiger partial charge is 0.416 e. The Balaban J connectivity index is 2.29. The van der Waals surface area contributed by atoms with Gasteiger partial charge in [0.2, 0.25) is 5.91 Å². The van der Waals surface area contributed by atoms with Gasteiger partial charge in [-0.25, -0.2) is 0 Å². The molecule has 0 saturated carbocycles. The third-order valence-corrected chi connectivity index (χ3v) is 4.10. The highest BCUT2D eigenvalue weighted by Crippen LogP contribution is 2.32. The third kappa shape index (κ3) is 5.57. The molecule has 0 radical (unpaired) electrons. The molecule has 2 aromatic rings. The van der Waals surface area contributed by atoms with Gasteiger partial charge in [0.15, 0.2) is 0 Å². The molecule has 146 valence electrons. The second-order valence-corrected chi connectivity index (χ2v) is 6.36. The van der Waals surface area contributed by atoms with Crippen LogP contribution in [0.4, 0.5) is 24.7 Å². The Bertz CT molecular complexity index is 830. The molecule has 1 atom stereocenters. The first-order chi connectivity index (χ1) is 12.6. The van der Waals surface area contributed by atoms with Crippen molar-refractivity contribution in [2.75, 3.05) is 10.6 Å². The van der Waals surface area contributed by atoms with Gasteiger partial charge in [-0.1, -0.05) is 20.3 Å². The first kappa shape index (κ1) is 20.5. The van der Waals surface area contributed by atoms with Gasteiger partial charge in [0.1, 0.15) is 5.82 Å². The van der Waals surface area contributed by atoms with Crippen LogP contribution in [0.3, 0.4) is 0 Å². The fourth-order valence-corrected chi connectivity index (χ4v) is 2.35. The number of nitrogens with zero attached hydrogens (tertiary/aromatic N) is 2.